The second-order valence-corrected chi connectivity index (χ2v) is 11.1. The Morgan fingerprint density at radius 1 is 1.02 bits per heavy atom. The number of hydrazine groups is 2. The van der Waals surface area contributed by atoms with Crippen molar-refractivity contribution in [2.45, 2.75) is 37.8 Å². The maximum Gasteiger partial charge on any atom is 0.573 e. The lowest BCUT2D eigenvalue weighted by Crippen LogP contribution is -2.59. The molecule has 1 fully saturated rings. The van der Waals surface area contributed by atoms with Crippen LogP contribution < -0.4 is 31.4 Å². The van der Waals surface area contributed by atoms with Gasteiger partial charge >= 0.3 is 6.36 Å². The number of nitrogens with one attached hydrogen (secondary N) is 4. The number of guanidine groups is 1. The molecule has 11 nitrogen and oxygen atoms in total. The Labute approximate surface area is 258 Å². The maximum absolute atomic E-state index is 12.7. The van der Waals surface area contributed by atoms with Gasteiger partial charge in [-0.25, -0.2) is 5.53 Å². The van der Waals surface area contributed by atoms with E-state index in [0.29, 0.717) is 37.2 Å². The van der Waals surface area contributed by atoms with Crippen LogP contribution >= 0.6 is 0 Å². The van der Waals surface area contributed by atoms with Gasteiger partial charge in [0.15, 0.2) is 0 Å². The molecule has 238 valence electrons. The molecule has 0 bridgehead atoms. The lowest BCUT2D eigenvalue weighted by atomic mass is 9.84. The summed E-state index contributed by atoms with van der Waals surface area (Å²) >= 11 is 0. The Bertz CT molecular complexity index is 1460. The smallest absolute Gasteiger partial charge is 0.406 e. The molecular weight excluding hydrogens is 589 g/mol. The van der Waals surface area contributed by atoms with Gasteiger partial charge < -0.3 is 14.5 Å². The zero-order valence-corrected chi connectivity index (χ0v) is 24.7. The second kappa shape index (κ2) is 13.9. The van der Waals surface area contributed by atoms with Crippen molar-refractivity contribution >= 4 is 24.0 Å². The number of hydrogen-bond acceptors (Lipinski definition) is 9. The van der Waals surface area contributed by atoms with Crippen LogP contribution in [0.2, 0.25) is 0 Å². The number of halogens is 3. The van der Waals surface area contributed by atoms with E-state index in [2.05, 4.69) is 48.7 Å². The van der Waals surface area contributed by atoms with Crippen LogP contribution in [-0.4, -0.2) is 66.7 Å². The van der Waals surface area contributed by atoms with E-state index in [0.717, 1.165) is 31.6 Å². The molecule has 0 spiro atoms. The van der Waals surface area contributed by atoms with Crippen molar-refractivity contribution in [2.75, 3.05) is 31.6 Å². The van der Waals surface area contributed by atoms with Gasteiger partial charge in [-0.1, -0.05) is 42.5 Å². The van der Waals surface area contributed by atoms with Crippen molar-refractivity contribution in [3.63, 3.8) is 0 Å². The van der Waals surface area contributed by atoms with Crippen molar-refractivity contribution in [3.8, 4) is 5.75 Å². The fourth-order valence-corrected chi connectivity index (χ4v) is 5.65. The minimum Gasteiger partial charge on any atom is -0.406 e. The first-order chi connectivity index (χ1) is 21.6. The molecule has 2 aliphatic heterocycles. The van der Waals surface area contributed by atoms with E-state index in [4.69, 9.17) is 0 Å². The van der Waals surface area contributed by atoms with Gasteiger partial charge in [0, 0.05) is 51.0 Å². The van der Waals surface area contributed by atoms with Crippen LogP contribution in [0.3, 0.4) is 0 Å². The Kier molecular flexibility index (Phi) is 9.74. The van der Waals surface area contributed by atoms with Crippen molar-refractivity contribution < 1.29 is 27.5 Å². The molecular formula is C31H35F3N8O3. The molecule has 0 saturated carbocycles. The van der Waals surface area contributed by atoms with Crippen molar-refractivity contribution in [2.24, 2.45) is 5.10 Å². The van der Waals surface area contributed by atoms with Crippen LogP contribution in [0.5, 0.6) is 5.75 Å². The number of anilines is 1. The molecule has 3 aromatic carbocycles. The van der Waals surface area contributed by atoms with Gasteiger partial charge in [-0.2, -0.15) is 0 Å². The number of hydrogen-bond donors (Lipinski definition) is 4. The second-order valence-electron chi connectivity index (χ2n) is 11.1. The van der Waals surface area contributed by atoms with E-state index in [1.807, 2.05) is 47.2 Å². The predicted octanol–water partition coefficient (Wildman–Crippen LogP) is 3.33. The van der Waals surface area contributed by atoms with E-state index in [-0.39, 0.29) is 17.6 Å². The Hall–Kier alpha value is -4.82. The fraction of sp³-hybridized carbons (Fsp3) is 0.323. The summed E-state index contributed by atoms with van der Waals surface area (Å²) in [5.41, 5.74) is 10.3. The molecule has 2 aliphatic rings. The summed E-state index contributed by atoms with van der Waals surface area (Å²) in [6.45, 7) is 3.09. The zero-order valence-electron chi connectivity index (χ0n) is 24.7. The first-order valence-electron chi connectivity index (χ1n) is 14.4. The lowest BCUT2D eigenvalue weighted by molar-refractivity contribution is -0.274. The van der Waals surface area contributed by atoms with Gasteiger partial charge in [0.2, 0.25) is 12.4 Å². The molecule has 3 aromatic rings. The van der Waals surface area contributed by atoms with Gasteiger partial charge in [-0.05, 0) is 60.4 Å². The average Bonchev–Trinajstić information content (AvgIpc) is 3.54. The first kappa shape index (κ1) is 31.6. The van der Waals surface area contributed by atoms with Crippen LogP contribution in [0.1, 0.15) is 34.3 Å². The molecule has 0 aliphatic carbocycles. The molecule has 4 N–H and O–H groups in total. The van der Waals surface area contributed by atoms with Crippen LogP contribution in [0, 0.1) is 0 Å². The lowest BCUT2D eigenvalue weighted by Gasteiger charge is -2.49. The minimum atomic E-state index is -4.77. The molecule has 45 heavy (non-hydrogen) atoms. The summed E-state index contributed by atoms with van der Waals surface area (Å²) in [7, 11) is 1.86. The number of rotatable bonds is 11. The number of piperidine rings is 1. The monoisotopic (exact) mass is 624 g/mol. The molecule has 0 unspecified atom stereocenters. The highest BCUT2D eigenvalue weighted by atomic mass is 19.4. The largest absolute Gasteiger partial charge is 0.573 e. The van der Waals surface area contributed by atoms with Crippen LogP contribution in [0.15, 0.2) is 84.0 Å². The molecule has 5 rings (SSSR count). The predicted molar refractivity (Wildman–Crippen MR) is 162 cm³/mol. The van der Waals surface area contributed by atoms with E-state index in [1.54, 1.807) is 24.3 Å². The number of carbonyl (C=O) groups excluding carboxylic acids is 2. The highest BCUT2D eigenvalue weighted by Crippen LogP contribution is 2.33. The molecule has 0 aromatic heterocycles. The summed E-state index contributed by atoms with van der Waals surface area (Å²) in [5, 5.41) is 6.46. The fourth-order valence-electron chi connectivity index (χ4n) is 5.65. The molecule has 0 atom stereocenters. The Morgan fingerprint density at radius 2 is 1.71 bits per heavy atom. The third-order valence-corrected chi connectivity index (χ3v) is 8.02. The van der Waals surface area contributed by atoms with Crippen LogP contribution in [0.25, 0.3) is 0 Å². The third-order valence-electron chi connectivity index (χ3n) is 8.02. The van der Waals surface area contributed by atoms with E-state index >= 15 is 0 Å². The summed E-state index contributed by atoms with van der Waals surface area (Å²) in [4.78, 5) is 31.4. The number of amides is 2. The number of nitrogens with zero attached hydrogens (tertiary/aromatic N) is 4. The highest BCUT2D eigenvalue weighted by Gasteiger charge is 2.41. The zero-order chi connectivity index (χ0) is 31.9. The number of hydrazone groups is 1. The summed E-state index contributed by atoms with van der Waals surface area (Å²) in [5.74, 6) is -0.402. The number of carbonyl (C=O) groups is 2. The van der Waals surface area contributed by atoms with Crippen molar-refractivity contribution in [1.29, 1.82) is 0 Å². The number of ether oxygens (including phenoxy) is 1. The normalized spacial score (nSPS) is 16.1. The maximum atomic E-state index is 12.7. The minimum absolute atomic E-state index is 0.239. The third kappa shape index (κ3) is 8.42. The Balaban J connectivity index is 1.31. The van der Waals surface area contributed by atoms with E-state index < -0.39 is 11.9 Å². The number of likely N-dealkylation sites (tertiary alicyclic amines) is 1. The van der Waals surface area contributed by atoms with Crippen LogP contribution in [0.4, 0.5) is 18.9 Å². The Morgan fingerprint density at radius 3 is 2.31 bits per heavy atom. The van der Waals surface area contributed by atoms with Gasteiger partial charge in [0.05, 0.1) is 5.54 Å². The summed E-state index contributed by atoms with van der Waals surface area (Å²) in [6, 6.07) is 22.9. The van der Waals surface area contributed by atoms with Crippen molar-refractivity contribution in [3.05, 3.63) is 95.6 Å². The van der Waals surface area contributed by atoms with Gasteiger partial charge in [-0.3, -0.25) is 25.2 Å². The number of likely N-dealkylation sites (N-methyl/N-ethyl adjacent to an activating group) is 1. The topological polar surface area (TPSA) is 114 Å². The SMILES string of the molecule is CN(CC1(N(C=O)Cc2ccc(C(=O)NC3=NNNN3)cc2)CCN(Cc2ccccc2)CC1)c1ccc(OC(F)(F)F)cc1. The molecule has 14 heteroatoms. The molecule has 2 heterocycles. The summed E-state index contributed by atoms with van der Waals surface area (Å²) < 4.78 is 42.0. The average molecular weight is 625 g/mol. The molecule has 2 amide bonds. The quantitative estimate of drug-likeness (QED) is 0.241. The summed E-state index contributed by atoms with van der Waals surface area (Å²) in [6.07, 6.45) is -2.52. The highest BCUT2D eigenvalue weighted by molar-refractivity contribution is 6.05. The van der Waals surface area contributed by atoms with Gasteiger partial charge in [-0.15, -0.1) is 23.8 Å². The number of benzene rings is 3. The molecule has 0 radical (unpaired) electrons. The van der Waals surface area contributed by atoms with E-state index in [1.165, 1.54) is 17.7 Å². The van der Waals surface area contributed by atoms with Gasteiger partial charge in [0.25, 0.3) is 5.91 Å². The first-order valence-corrected chi connectivity index (χ1v) is 14.4. The van der Waals surface area contributed by atoms with Crippen LogP contribution in [-0.2, 0) is 17.9 Å². The van der Waals surface area contributed by atoms with E-state index in [9.17, 15) is 22.8 Å². The van der Waals surface area contributed by atoms with Crippen molar-refractivity contribution in [1.82, 2.24) is 31.6 Å². The molecule has 1 saturated heterocycles. The van der Waals surface area contributed by atoms with Gasteiger partial charge in [0.1, 0.15) is 5.75 Å². The number of alkyl halides is 3. The standard InChI is InChI=1S/C31H35F3N8O3/c1-40(26-11-13-27(14-12-26)45-31(32,33)34)21-30(15-17-41(18-16-30)19-23-5-3-2-4-6-23)42(22-43)20-24-7-9-25(10-8-24)28(44)35-29-36-38-39-37-29/h2-14,22,38-39H,15-21H2,1H3,(H2,35,36,37,44).